The zero-order valence-electron chi connectivity index (χ0n) is 12.5. The van der Waals surface area contributed by atoms with Crippen LogP contribution in [0.15, 0.2) is 48.5 Å². The topological polar surface area (TPSA) is 72.7 Å². The molecule has 0 aromatic carbocycles. The van der Waals surface area contributed by atoms with Crippen LogP contribution in [-0.4, -0.2) is 25.4 Å². The van der Waals surface area contributed by atoms with Gasteiger partial charge in [-0.2, -0.15) is 0 Å². The first-order valence-electron chi connectivity index (χ1n) is 7.02. The van der Waals surface area contributed by atoms with Gasteiger partial charge in [-0.15, -0.1) is 11.3 Å². The van der Waals surface area contributed by atoms with Gasteiger partial charge in [-0.3, -0.25) is 9.36 Å². The molecule has 3 aromatic heterocycles. The van der Waals surface area contributed by atoms with E-state index in [1.165, 1.54) is 6.08 Å². The molecule has 0 saturated carbocycles. The Kier molecular flexibility index (Phi) is 4.58. The van der Waals surface area contributed by atoms with E-state index in [-0.39, 0.29) is 5.91 Å². The van der Waals surface area contributed by atoms with Crippen LogP contribution >= 0.6 is 11.3 Å². The molecule has 1 amide bonds. The Morgan fingerprint density at radius 3 is 3.09 bits per heavy atom. The minimum atomic E-state index is -0.156. The van der Waals surface area contributed by atoms with E-state index in [1.54, 1.807) is 36.1 Å². The van der Waals surface area contributed by atoms with E-state index in [4.69, 9.17) is 0 Å². The molecule has 0 aliphatic rings. The summed E-state index contributed by atoms with van der Waals surface area (Å²) in [7, 11) is 0. The highest BCUT2D eigenvalue weighted by atomic mass is 32.1. The van der Waals surface area contributed by atoms with Crippen molar-refractivity contribution >= 4 is 23.3 Å². The third kappa shape index (κ3) is 4.10. The Morgan fingerprint density at radius 1 is 1.43 bits per heavy atom. The first kappa shape index (κ1) is 15.1. The maximum absolute atomic E-state index is 11.9. The van der Waals surface area contributed by atoms with Crippen molar-refractivity contribution in [3.05, 3.63) is 64.8 Å². The molecule has 0 radical (unpaired) electrons. The number of pyridine rings is 1. The first-order chi connectivity index (χ1) is 11.2. The second-order valence-electron chi connectivity index (χ2n) is 4.83. The standard InChI is InChI=1S/C16H15N5OS/c1-12-20-14(10-23-12)2-3-16(22)19-9-13-4-5-18-15(8-13)21-7-6-17-11-21/h2-8,10-11H,9H2,1H3,(H,19,22). The Hall–Kier alpha value is -2.80. The predicted molar refractivity (Wildman–Crippen MR) is 89.1 cm³/mol. The van der Waals surface area contributed by atoms with E-state index in [0.717, 1.165) is 22.1 Å². The van der Waals surface area contributed by atoms with E-state index >= 15 is 0 Å². The number of imidazole rings is 1. The Bertz CT molecular complexity index is 823. The average Bonchev–Trinajstić information content (AvgIpc) is 3.23. The summed E-state index contributed by atoms with van der Waals surface area (Å²) in [6.45, 7) is 2.37. The van der Waals surface area contributed by atoms with Crippen LogP contribution in [0.25, 0.3) is 11.9 Å². The van der Waals surface area contributed by atoms with Crippen LogP contribution in [0.3, 0.4) is 0 Å². The van der Waals surface area contributed by atoms with Gasteiger partial charge < -0.3 is 5.32 Å². The predicted octanol–water partition coefficient (Wildman–Crippen LogP) is 2.36. The van der Waals surface area contributed by atoms with Crippen LogP contribution in [-0.2, 0) is 11.3 Å². The molecular formula is C16H15N5OS. The monoisotopic (exact) mass is 325 g/mol. The second kappa shape index (κ2) is 6.97. The van der Waals surface area contributed by atoms with Crippen molar-refractivity contribution in [2.75, 3.05) is 0 Å². The molecular weight excluding hydrogens is 310 g/mol. The van der Waals surface area contributed by atoms with Crippen molar-refractivity contribution in [2.24, 2.45) is 0 Å². The summed E-state index contributed by atoms with van der Waals surface area (Å²) in [6, 6.07) is 3.78. The number of rotatable bonds is 5. The summed E-state index contributed by atoms with van der Waals surface area (Å²) >= 11 is 1.56. The minimum Gasteiger partial charge on any atom is -0.348 e. The SMILES string of the molecule is Cc1nc(C=CC(=O)NCc2ccnc(-n3ccnc3)c2)cs1. The zero-order chi connectivity index (χ0) is 16.1. The summed E-state index contributed by atoms with van der Waals surface area (Å²) in [5.74, 6) is 0.611. The number of aromatic nitrogens is 4. The average molecular weight is 325 g/mol. The molecule has 3 heterocycles. The number of thiazole rings is 1. The molecule has 3 aromatic rings. The molecule has 23 heavy (non-hydrogen) atoms. The number of aryl methyl sites for hydroxylation is 1. The van der Waals surface area contributed by atoms with Gasteiger partial charge >= 0.3 is 0 Å². The fourth-order valence-electron chi connectivity index (χ4n) is 1.97. The summed E-state index contributed by atoms with van der Waals surface area (Å²) in [6.07, 6.45) is 10.1. The van der Waals surface area contributed by atoms with Gasteiger partial charge in [0, 0.05) is 36.6 Å². The van der Waals surface area contributed by atoms with Crippen LogP contribution < -0.4 is 5.32 Å². The quantitative estimate of drug-likeness (QED) is 0.731. The van der Waals surface area contributed by atoms with E-state index in [1.807, 2.05) is 35.2 Å². The fourth-order valence-corrected chi connectivity index (χ4v) is 2.55. The number of nitrogens with one attached hydrogen (secondary N) is 1. The van der Waals surface area contributed by atoms with Gasteiger partial charge in [-0.05, 0) is 30.7 Å². The van der Waals surface area contributed by atoms with Crippen molar-refractivity contribution < 1.29 is 4.79 Å². The molecule has 0 saturated heterocycles. The highest BCUT2D eigenvalue weighted by Gasteiger charge is 2.01. The molecule has 0 bridgehead atoms. The van der Waals surface area contributed by atoms with Gasteiger partial charge in [0.2, 0.25) is 5.91 Å². The molecule has 116 valence electrons. The highest BCUT2D eigenvalue weighted by Crippen LogP contribution is 2.09. The van der Waals surface area contributed by atoms with Gasteiger partial charge in [-0.1, -0.05) is 0 Å². The van der Waals surface area contributed by atoms with Gasteiger partial charge in [-0.25, -0.2) is 15.0 Å². The molecule has 0 spiro atoms. The van der Waals surface area contributed by atoms with E-state index in [2.05, 4.69) is 20.3 Å². The summed E-state index contributed by atoms with van der Waals surface area (Å²) in [5, 5.41) is 5.74. The number of hydrogen-bond donors (Lipinski definition) is 1. The van der Waals surface area contributed by atoms with E-state index in [9.17, 15) is 4.79 Å². The maximum Gasteiger partial charge on any atom is 0.244 e. The lowest BCUT2D eigenvalue weighted by Gasteiger charge is -2.05. The van der Waals surface area contributed by atoms with Gasteiger partial charge in [0.15, 0.2) is 0 Å². The summed E-state index contributed by atoms with van der Waals surface area (Å²) in [5.41, 5.74) is 1.77. The van der Waals surface area contributed by atoms with Gasteiger partial charge in [0.25, 0.3) is 0 Å². The first-order valence-corrected chi connectivity index (χ1v) is 7.90. The van der Waals surface area contributed by atoms with Crippen molar-refractivity contribution in [1.29, 1.82) is 0 Å². The van der Waals surface area contributed by atoms with Crippen molar-refractivity contribution in [3.63, 3.8) is 0 Å². The van der Waals surface area contributed by atoms with Gasteiger partial charge in [0.05, 0.1) is 10.7 Å². The summed E-state index contributed by atoms with van der Waals surface area (Å²) in [4.78, 5) is 24.4. The minimum absolute atomic E-state index is 0.156. The van der Waals surface area contributed by atoms with Crippen molar-refractivity contribution in [3.8, 4) is 5.82 Å². The van der Waals surface area contributed by atoms with Crippen molar-refractivity contribution in [2.45, 2.75) is 13.5 Å². The van der Waals surface area contributed by atoms with Crippen LogP contribution in [0.2, 0.25) is 0 Å². The molecule has 6 nitrogen and oxygen atoms in total. The molecule has 0 aliphatic heterocycles. The molecule has 3 rings (SSSR count). The highest BCUT2D eigenvalue weighted by molar-refractivity contribution is 7.09. The van der Waals surface area contributed by atoms with Crippen LogP contribution in [0.4, 0.5) is 0 Å². The zero-order valence-corrected chi connectivity index (χ0v) is 13.3. The normalized spacial score (nSPS) is 11.0. The lowest BCUT2D eigenvalue weighted by molar-refractivity contribution is -0.116. The number of carbonyl (C=O) groups excluding carboxylic acids is 1. The molecule has 0 aliphatic carbocycles. The number of amides is 1. The Labute approximate surface area is 137 Å². The Morgan fingerprint density at radius 2 is 2.35 bits per heavy atom. The third-order valence-electron chi connectivity index (χ3n) is 3.09. The lowest BCUT2D eigenvalue weighted by atomic mass is 10.2. The van der Waals surface area contributed by atoms with E-state index < -0.39 is 0 Å². The third-order valence-corrected chi connectivity index (χ3v) is 3.88. The second-order valence-corrected chi connectivity index (χ2v) is 5.90. The fraction of sp³-hybridized carbons (Fsp3) is 0.125. The van der Waals surface area contributed by atoms with Crippen molar-refractivity contribution in [1.82, 2.24) is 24.8 Å². The number of hydrogen-bond acceptors (Lipinski definition) is 5. The largest absolute Gasteiger partial charge is 0.348 e. The number of carbonyl (C=O) groups is 1. The van der Waals surface area contributed by atoms with Crippen LogP contribution in [0.1, 0.15) is 16.3 Å². The maximum atomic E-state index is 11.9. The smallest absolute Gasteiger partial charge is 0.244 e. The lowest BCUT2D eigenvalue weighted by Crippen LogP contribution is -2.20. The molecule has 0 unspecified atom stereocenters. The molecule has 1 N–H and O–H groups in total. The number of nitrogens with zero attached hydrogens (tertiary/aromatic N) is 4. The summed E-state index contributed by atoms with van der Waals surface area (Å²) < 4.78 is 1.82. The molecule has 0 fully saturated rings. The van der Waals surface area contributed by atoms with Crippen LogP contribution in [0, 0.1) is 6.92 Å². The molecule has 0 atom stereocenters. The Balaban J connectivity index is 1.59. The van der Waals surface area contributed by atoms with Gasteiger partial charge in [0.1, 0.15) is 12.1 Å². The van der Waals surface area contributed by atoms with Crippen LogP contribution in [0.5, 0.6) is 0 Å². The molecule has 7 heteroatoms. The van der Waals surface area contributed by atoms with E-state index in [0.29, 0.717) is 6.54 Å².